The number of thioether (sulfide) groups is 1. The van der Waals surface area contributed by atoms with E-state index in [4.69, 9.17) is 4.74 Å². The lowest BCUT2D eigenvalue weighted by Gasteiger charge is -2.27. The molecule has 1 atom stereocenters. The van der Waals surface area contributed by atoms with Gasteiger partial charge in [-0.05, 0) is 109 Å². The second-order valence-corrected chi connectivity index (χ2v) is 16.9. The van der Waals surface area contributed by atoms with Crippen LogP contribution in [0.3, 0.4) is 0 Å². The SMILES string of the molecule is CC/C(=C(\c1ccc(O)cc1)c1ccc(OCCN(C)CCCCCCCCCCCCSc2cccc3c2C(=O)N(C2CCC(=O)NC2=O)C3=O)cc1)c1ccccc1. The van der Waals surface area contributed by atoms with Crippen molar-refractivity contribution < 1.29 is 29.0 Å². The molecule has 316 valence electrons. The quantitative estimate of drug-likeness (QED) is 0.0329. The van der Waals surface area contributed by atoms with E-state index in [0.29, 0.717) is 17.7 Å². The van der Waals surface area contributed by atoms with Crippen LogP contribution >= 0.6 is 11.8 Å². The van der Waals surface area contributed by atoms with Crippen LogP contribution in [0.2, 0.25) is 0 Å². The van der Waals surface area contributed by atoms with Gasteiger partial charge in [0, 0.05) is 17.9 Å². The summed E-state index contributed by atoms with van der Waals surface area (Å²) in [6.07, 6.45) is 13.2. The molecule has 1 fully saturated rings. The molecule has 0 radical (unpaired) electrons. The number of carbonyl (C=O) groups excluding carboxylic acids is 4. The predicted molar refractivity (Wildman–Crippen MR) is 240 cm³/mol. The number of nitrogens with one attached hydrogen (secondary N) is 1. The molecule has 10 heteroatoms. The van der Waals surface area contributed by atoms with Crippen LogP contribution in [-0.2, 0) is 9.59 Å². The van der Waals surface area contributed by atoms with Crippen LogP contribution in [0, 0.1) is 0 Å². The highest BCUT2D eigenvalue weighted by Gasteiger charge is 2.45. The first-order valence-corrected chi connectivity index (χ1v) is 22.7. The lowest BCUT2D eigenvalue weighted by Crippen LogP contribution is -2.54. The fraction of sp³-hybridized carbons (Fsp3) is 0.400. The number of ether oxygens (including phenoxy) is 1. The zero-order chi connectivity index (χ0) is 42.3. The molecule has 4 amide bonds. The Hall–Kier alpha value is -5.19. The van der Waals surface area contributed by atoms with Crippen LogP contribution in [0.15, 0.2) is 102 Å². The number of imide groups is 2. The number of fused-ring (bicyclic) bond motifs is 1. The summed E-state index contributed by atoms with van der Waals surface area (Å²) >= 11 is 1.60. The standard InChI is InChI=1S/C50H59N3O6S/c1-3-41(36-18-13-12-14-19-36)46(37-22-26-39(54)27-23-37)38-24-28-40(29-25-38)59-34-33-52(2)32-15-10-8-6-4-5-7-9-11-16-35-60-44-21-17-20-42-47(44)50(58)53(49(42)57)43-30-31-45(55)51-48(43)56/h12-14,17-29,43,54H,3-11,15-16,30-35H2,1-2H3,(H,51,55,56)/b46-41-. The van der Waals surface area contributed by atoms with Crippen LogP contribution < -0.4 is 10.1 Å². The van der Waals surface area contributed by atoms with Crippen LogP contribution in [0.4, 0.5) is 0 Å². The molecule has 9 nitrogen and oxygen atoms in total. The summed E-state index contributed by atoms with van der Waals surface area (Å²) in [4.78, 5) is 54.5. The number of aromatic hydroxyl groups is 1. The Morgan fingerprint density at radius 2 is 1.37 bits per heavy atom. The van der Waals surface area contributed by atoms with E-state index in [1.165, 1.54) is 62.5 Å². The number of carbonyl (C=O) groups is 4. The number of hydrogen-bond donors (Lipinski definition) is 2. The molecule has 4 aromatic rings. The maximum Gasteiger partial charge on any atom is 0.263 e. The van der Waals surface area contributed by atoms with Crippen LogP contribution in [0.1, 0.15) is 128 Å². The Morgan fingerprint density at radius 1 is 0.733 bits per heavy atom. The van der Waals surface area contributed by atoms with Crippen molar-refractivity contribution >= 4 is 46.5 Å². The number of amides is 4. The smallest absolute Gasteiger partial charge is 0.263 e. The zero-order valence-electron chi connectivity index (χ0n) is 35.1. The number of piperidine rings is 1. The van der Waals surface area contributed by atoms with Gasteiger partial charge in [0.15, 0.2) is 0 Å². The maximum atomic E-state index is 13.3. The number of hydrogen-bond acceptors (Lipinski definition) is 8. The van der Waals surface area contributed by atoms with Crippen molar-refractivity contribution in [2.24, 2.45) is 0 Å². The first kappa shape index (κ1) is 44.4. The van der Waals surface area contributed by atoms with Crippen molar-refractivity contribution in [2.75, 3.05) is 32.5 Å². The molecular weight excluding hydrogens is 771 g/mol. The highest BCUT2D eigenvalue weighted by molar-refractivity contribution is 7.99. The Kier molecular flexibility index (Phi) is 16.6. The molecule has 0 aromatic heterocycles. The maximum absolute atomic E-state index is 13.3. The predicted octanol–water partition coefficient (Wildman–Crippen LogP) is 10.2. The van der Waals surface area contributed by atoms with Crippen LogP contribution in [0.5, 0.6) is 11.5 Å². The molecule has 4 aromatic carbocycles. The van der Waals surface area contributed by atoms with Gasteiger partial charge in [-0.2, -0.15) is 0 Å². The van der Waals surface area contributed by atoms with Gasteiger partial charge in [0.05, 0.1) is 11.1 Å². The van der Waals surface area contributed by atoms with Crippen molar-refractivity contribution in [1.82, 2.24) is 15.1 Å². The Morgan fingerprint density at radius 3 is 2.02 bits per heavy atom. The van der Waals surface area contributed by atoms with Crippen LogP contribution in [-0.4, -0.2) is 77.1 Å². The zero-order valence-corrected chi connectivity index (χ0v) is 35.9. The van der Waals surface area contributed by atoms with Gasteiger partial charge in [-0.15, -0.1) is 11.8 Å². The molecule has 2 aliphatic rings. The number of nitrogens with zero attached hydrogens (tertiary/aromatic N) is 2. The van der Waals surface area contributed by atoms with Gasteiger partial charge in [0.1, 0.15) is 24.1 Å². The first-order valence-electron chi connectivity index (χ1n) is 21.7. The molecule has 0 aliphatic carbocycles. The lowest BCUT2D eigenvalue weighted by molar-refractivity contribution is -0.136. The van der Waals surface area contributed by atoms with E-state index in [1.54, 1.807) is 36.0 Å². The number of likely N-dealkylation sites (N-methyl/N-ethyl adjacent to an activating group) is 1. The topological polar surface area (TPSA) is 116 Å². The van der Waals surface area contributed by atoms with E-state index in [-0.39, 0.29) is 24.5 Å². The Balaban J connectivity index is 0.809. The summed E-state index contributed by atoms with van der Waals surface area (Å²) in [5.41, 5.74) is 6.53. The molecular formula is C50H59N3O6S. The first-order chi connectivity index (χ1) is 29.2. The minimum atomic E-state index is -0.944. The molecule has 1 saturated heterocycles. The molecule has 2 heterocycles. The summed E-state index contributed by atoms with van der Waals surface area (Å²) in [5, 5.41) is 12.2. The van der Waals surface area contributed by atoms with Gasteiger partial charge in [0.2, 0.25) is 11.8 Å². The van der Waals surface area contributed by atoms with Gasteiger partial charge in [0.25, 0.3) is 11.8 Å². The van der Waals surface area contributed by atoms with Crippen molar-refractivity contribution in [3.63, 3.8) is 0 Å². The Labute approximate surface area is 359 Å². The molecule has 2 N–H and O–H groups in total. The molecule has 0 saturated carbocycles. The fourth-order valence-electron chi connectivity index (χ4n) is 8.14. The molecule has 2 aliphatic heterocycles. The summed E-state index contributed by atoms with van der Waals surface area (Å²) in [7, 11) is 2.17. The molecule has 60 heavy (non-hydrogen) atoms. The summed E-state index contributed by atoms with van der Waals surface area (Å²) in [6, 6.07) is 30.7. The van der Waals surface area contributed by atoms with Crippen LogP contribution in [0.25, 0.3) is 11.1 Å². The molecule has 6 rings (SSSR count). The molecule has 0 spiro atoms. The van der Waals surface area contributed by atoms with E-state index in [9.17, 15) is 24.3 Å². The van der Waals surface area contributed by atoms with Gasteiger partial charge in [-0.25, -0.2) is 0 Å². The van der Waals surface area contributed by atoms with Crippen molar-refractivity contribution in [3.05, 3.63) is 125 Å². The summed E-state index contributed by atoms with van der Waals surface area (Å²) in [6.45, 7) is 4.76. The summed E-state index contributed by atoms with van der Waals surface area (Å²) in [5.74, 6) is 0.123. The minimum absolute atomic E-state index is 0.112. The average Bonchev–Trinajstić information content (AvgIpc) is 3.51. The lowest BCUT2D eigenvalue weighted by atomic mass is 9.88. The number of benzene rings is 4. The third-order valence-corrected chi connectivity index (χ3v) is 12.6. The van der Waals surface area contributed by atoms with Crippen molar-refractivity contribution in [3.8, 4) is 11.5 Å². The largest absolute Gasteiger partial charge is 0.508 e. The van der Waals surface area contributed by atoms with E-state index in [0.717, 1.165) is 70.3 Å². The monoisotopic (exact) mass is 829 g/mol. The fourth-order valence-corrected chi connectivity index (χ4v) is 9.23. The molecule has 1 unspecified atom stereocenters. The van der Waals surface area contributed by atoms with E-state index >= 15 is 0 Å². The van der Waals surface area contributed by atoms with E-state index in [1.807, 2.05) is 24.3 Å². The number of rotatable bonds is 23. The second-order valence-electron chi connectivity index (χ2n) is 15.8. The molecule has 0 bridgehead atoms. The van der Waals surface area contributed by atoms with Gasteiger partial charge < -0.3 is 14.7 Å². The number of phenolic OH excluding ortho intramolecular Hbond substituents is 1. The normalized spacial score (nSPS) is 15.7. The van der Waals surface area contributed by atoms with Crippen molar-refractivity contribution in [2.45, 2.75) is 101 Å². The number of phenols is 1. The average molecular weight is 830 g/mol. The van der Waals surface area contributed by atoms with E-state index < -0.39 is 23.8 Å². The third-order valence-electron chi connectivity index (χ3n) is 11.4. The number of unbranched alkanes of at least 4 members (excludes halogenated alkanes) is 9. The highest BCUT2D eigenvalue weighted by Crippen LogP contribution is 2.37. The summed E-state index contributed by atoms with van der Waals surface area (Å²) < 4.78 is 6.15. The van der Waals surface area contributed by atoms with E-state index in [2.05, 4.69) is 72.7 Å². The minimum Gasteiger partial charge on any atom is -0.508 e. The second kappa shape index (κ2) is 22.4. The van der Waals surface area contributed by atoms with Gasteiger partial charge >= 0.3 is 0 Å². The highest BCUT2D eigenvalue weighted by atomic mass is 32.2. The van der Waals surface area contributed by atoms with Gasteiger partial charge in [-0.1, -0.05) is 119 Å². The van der Waals surface area contributed by atoms with Gasteiger partial charge in [-0.3, -0.25) is 29.4 Å². The number of allylic oxidation sites excluding steroid dienone is 1. The Bertz CT molecular complexity index is 2100. The van der Waals surface area contributed by atoms with Crippen molar-refractivity contribution in [1.29, 1.82) is 0 Å². The third kappa shape index (κ3) is 11.8.